The van der Waals surface area contributed by atoms with Crippen molar-refractivity contribution in [1.29, 1.82) is 0 Å². The molecule has 0 aromatic carbocycles. The number of alkyl halides is 1. The molecule has 3 heteroatoms. The van der Waals surface area contributed by atoms with E-state index >= 15 is 0 Å². The van der Waals surface area contributed by atoms with Gasteiger partial charge in [0.05, 0.1) is 0 Å². The zero-order valence-corrected chi connectivity index (χ0v) is 6.77. The first-order valence-electron chi connectivity index (χ1n) is 2.89. The molecule has 1 unspecified atom stereocenters. The molecule has 0 aliphatic carbocycles. The number of carbonyl (C=O) groups is 1. The van der Waals surface area contributed by atoms with Gasteiger partial charge in [0.15, 0.2) is 0 Å². The van der Waals surface area contributed by atoms with Crippen molar-refractivity contribution in [3.8, 4) is 0 Å². The smallest absolute Gasteiger partial charge is 0.219 e. The lowest BCUT2D eigenvalue weighted by atomic mass is 10.3. The highest BCUT2D eigenvalue weighted by Crippen LogP contribution is 1.96. The minimum atomic E-state index is 0.0585. The van der Waals surface area contributed by atoms with E-state index in [2.05, 4.69) is 0 Å². The van der Waals surface area contributed by atoms with Crippen LogP contribution in [0.15, 0.2) is 0 Å². The molecule has 0 bridgehead atoms. The molecule has 0 aromatic heterocycles. The number of carbonyl (C=O) groups excluding carboxylic acids is 1. The topological polar surface area (TPSA) is 20.3 Å². The highest BCUT2D eigenvalue weighted by Gasteiger charge is 2.08. The van der Waals surface area contributed by atoms with Gasteiger partial charge >= 0.3 is 0 Å². The molecule has 54 valence electrons. The van der Waals surface area contributed by atoms with Crippen LogP contribution in [-0.4, -0.2) is 29.8 Å². The molecule has 0 fully saturated rings. The lowest BCUT2D eigenvalue weighted by molar-refractivity contribution is -0.128. The number of nitrogens with zero attached hydrogens (tertiary/aromatic N) is 1. The Hall–Kier alpha value is -0.240. The SMILES string of the molecule is CC(=O)N(C)C(C)CCl. The summed E-state index contributed by atoms with van der Waals surface area (Å²) in [6.45, 7) is 3.44. The fourth-order valence-electron chi connectivity index (χ4n) is 0.414. The quantitative estimate of drug-likeness (QED) is 0.539. The van der Waals surface area contributed by atoms with E-state index in [4.69, 9.17) is 11.6 Å². The van der Waals surface area contributed by atoms with E-state index in [1.165, 1.54) is 6.92 Å². The first-order chi connectivity index (χ1) is 4.09. The minimum Gasteiger partial charge on any atom is -0.342 e. The number of hydrogen-bond donors (Lipinski definition) is 0. The van der Waals surface area contributed by atoms with Gasteiger partial charge in [-0.3, -0.25) is 4.79 Å². The van der Waals surface area contributed by atoms with Gasteiger partial charge in [0.1, 0.15) is 0 Å². The standard InChI is InChI=1S/C6H12ClNO/c1-5(4-7)8(3)6(2)9/h5H,4H2,1-3H3. The number of halogens is 1. The van der Waals surface area contributed by atoms with Crippen LogP contribution in [0.25, 0.3) is 0 Å². The predicted octanol–water partition coefficient (Wildman–Crippen LogP) is 1.09. The van der Waals surface area contributed by atoms with Crippen molar-refractivity contribution in [2.45, 2.75) is 19.9 Å². The van der Waals surface area contributed by atoms with E-state index in [1.54, 1.807) is 11.9 Å². The Morgan fingerprint density at radius 3 is 2.33 bits per heavy atom. The largest absolute Gasteiger partial charge is 0.342 e. The summed E-state index contributed by atoms with van der Waals surface area (Å²) in [4.78, 5) is 12.2. The van der Waals surface area contributed by atoms with Crippen LogP contribution in [-0.2, 0) is 4.79 Å². The van der Waals surface area contributed by atoms with Crippen molar-refractivity contribution in [3.05, 3.63) is 0 Å². The number of amides is 1. The summed E-state index contributed by atoms with van der Waals surface area (Å²) in [7, 11) is 1.75. The molecule has 0 saturated carbocycles. The van der Waals surface area contributed by atoms with E-state index in [0.29, 0.717) is 5.88 Å². The summed E-state index contributed by atoms with van der Waals surface area (Å²) in [6.07, 6.45) is 0. The fraction of sp³-hybridized carbons (Fsp3) is 0.833. The van der Waals surface area contributed by atoms with E-state index in [1.807, 2.05) is 6.92 Å². The molecule has 0 saturated heterocycles. The first kappa shape index (κ1) is 8.76. The van der Waals surface area contributed by atoms with Gasteiger partial charge in [-0.2, -0.15) is 0 Å². The van der Waals surface area contributed by atoms with Crippen LogP contribution >= 0.6 is 11.6 Å². The number of rotatable bonds is 2. The van der Waals surface area contributed by atoms with Crippen molar-refractivity contribution in [1.82, 2.24) is 4.90 Å². The molecular weight excluding hydrogens is 138 g/mol. The lowest BCUT2D eigenvalue weighted by Crippen LogP contribution is -2.34. The Balaban J connectivity index is 3.72. The Bertz CT molecular complexity index is 105. The summed E-state index contributed by atoms with van der Waals surface area (Å²) >= 11 is 5.50. The summed E-state index contributed by atoms with van der Waals surface area (Å²) in [6, 6.07) is 0.143. The van der Waals surface area contributed by atoms with Crippen LogP contribution in [0, 0.1) is 0 Å². The monoisotopic (exact) mass is 149 g/mol. The van der Waals surface area contributed by atoms with E-state index in [-0.39, 0.29) is 11.9 Å². The van der Waals surface area contributed by atoms with Gasteiger partial charge in [0.2, 0.25) is 5.91 Å². The Kier molecular flexibility index (Phi) is 3.62. The van der Waals surface area contributed by atoms with Crippen molar-refractivity contribution >= 4 is 17.5 Å². The predicted molar refractivity (Wildman–Crippen MR) is 38.6 cm³/mol. The first-order valence-corrected chi connectivity index (χ1v) is 3.42. The average Bonchev–Trinajstić information content (AvgIpc) is 1.84. The zero-order valence-electron chi connectivity index (χ0n) is 6.02. The summed E-state index contributed by atoms with van der Waals surface area (Å²) in [5.41, 5.74) is 0. The molecule has 0 N–H and O–H groups in total. The van der Waals surface area contributed by atoms with Gasteiger partial charge in [-0.25, -0.2) is 0 Å². The van der Waals surface area contributed by atoms with Crippen LogP contribution in [0.1, 0.15) is 13.8 Å². The molecule has 1 amide bonds. The average molecular weight is 150 g/mol. The molecular formula is C6H12ClNO. The Morgan fingerprint density at radius 1 is 1.78 bits per heavy atom. The van der Waals surface area contributed by atoms with Gasteiger partial charge in [-0.15, -0.1) is 11.6 Å². The van der Waals surface area contributed by atoms with Gasteiger partial charge in [-0.05, 0) is 6.92 Å². The van der Waals surface area contributed by atoms with Crippen molar-refractivity contribution < 1.29 is 4.79 Å². The maximum Gasteiger partial charge on any atom is 0.219 e. The molecule has 9 heavy (non-hydrogen) atoms. The third-order valence-corrected chi connectivity index (χ3v) is 1.83. The Labute approximate surface area is 60.8 Å². The minimum absolute atomic E-state index is 0.0585. The van der Waals surface area contributed by atoms with Gasteiger partial charge in [0, 0.05) is 25.9 Å². The summed E-state index contributed by atoms with van der Waals surface area (Å²) < 4.78 is 0. The summed E-state index contributed by atoms with van der Waals surface area (Å²) in [5.74, 6) is 0.555. The molecule has 0 heterocycles. The van der Waals surface area contributed by atoms with Crippen LogP contribution in [0.3, 0.4) is 0 Å². The van der Waals surface area contributed by atoms with E-state index in [9.17, 15) is 4.79 Å². The van der Waals surface area contributed by atoms with Crippen molar-refractivity contribution in [2.24, 2.45) is 0 Å². The second kappa shape index (κ2) is 3.72. The molecule has 0 aliphatic heterocycles. The molecule has 1 atom stereocenters. The third-order valence-electron chi connectivity index (χ3n) is 1.38. The third kappa shape index (κ3) is 2.70. The van der Waals surface area contributed by atoms with Crippen LogP contribution in [0.2, 0.25) is 0 Å². The maximum atomic E-state index is 10.6. The molecule has 2 nitrogen and oxygen atoms in total. The van der Waals surface area contributed by atoms with Crippen LogP contribution in [0.5, 0.6) is 0 Å². The summed E-state index contributed by atoms with van der Waals surface area (Å²) in [5, 5.41) is 0. The molecule has 0 rings (SSSR count). The van der Waals surface area contributed by atoms with Gasteiger partial charge < -0.3 is 4.90 Å². The van der Waals surface area contributed by atoms with Crippen molar-refractivity contribution in [2.75, 3.05) is 12.9 Å². The highest BCUT2D eigenvalue weighted by molar-refractivity contribution is 6.18. The normalized spacial score (nSPS) is 12.9. The maximum absolute atomic E-state index is 10.6. The fourth-order valence-corrected chi connectivity index (χ4v) is 0.621. The lowest BCUT2D eigenvalue weighted by Gasteiger charge is -2.20. The molecule has 0 spiro atoms. The van der Waals surface area contributed by atoms with Crippen molar-refractivity contribution in [3.63, 3.8) is 0 Å². The second-order valence-electron chi connectivity index (χ2n) is 2.13. The number of hydrogen-bond acceptors (Lipinski definition) is 1. The molecule has 0 aromatic rings. The van der Waals surface area contributed by atoms with Gasteiger partial charge in [0.25, 0.3) is 0 Å². The second-order valence-corrected chi connectivity index (χ2v) is 2.44. The Morgan fingerprint density at radius 2 is 2.22 bits per heavy atom. The van der Waals surface area contributed by atoms with Crippen LogP contribution < -0.4 is 0 Å². The van der Waals surface area contributed by atoms with Crippen LogP contribution in [0.4, 0.5) is 0 Å². The molecule has 0 aliphatic rings. The van der Waals surface area contributed by atoms with E-state index < -0.39 is 0 Å². The highest BCUT2D eigenvalue weighted by atomic mass is 35.5. The molecule has 0 radical (unpaired) electrons. The van der Waals surface area contributed by atoms with E-state index in [0.717, 1.165) is 0 Å². The van der Waals surface area contributed by atoms with Gasteiger partial charge in [-0.1, -0.05) is 0 Å². The zero-order chi connectivity index (χ0) is 7.44.